The highest BCUT2D eigenvalue weighted by Crippen LogP contribution is 2.38. The molecule has 0 aliphatic heterocycles. The minimum absolute atomic E-state index is 0.0110. The van der Waals surface area contributed by atoms with E-state index in [1.54, 1.807) is 30.3 Å². The minimum Gasteiger partial charge on any atom is -0.507 e. The Labute approximate surface area is 170 Å². The van der Waals surface area contributed by atoms with E-state index in [2.05, 4.69) is 4.99 Å². The Kier molecular flexibility index (Phi) is 4.87. The Morgan fingerprint density at radius 2 is 1.63 bits per heavy atom. The molecule has 3 aromatic carbocycles. The number of phenolic OH excluding ortho intramolecular Hbond substituents is 1. The van der Waals surface area contributed by atoms with E-state index in [4.69, 9.17) is 11.5 Å². The molecule has 4 aromatic rings. The lowest BCUT2D eigenvalue weighted by Gasteiger charge is -2.11. The van der Waals surface area contributed by atoms with E-state index < -0.39 is 11.7 Å². The number of phenols is 1. The molecule has 0 aliphatic rings. The third-order valence-electron chi connectivity index (χ3n) is 5.03. The second kappa shape index (κ2) is 7.38. The Bertz CT molecular complexity index is 1270. The number of fused-ring (bicyclic) bond motifs is 3. The normalized spacial score (nSPS) is 12.7. The largest absolute Gasteiger partial charge is 0.507 e. The van der Waals surface area contributed by atoms with Gasteiger partial charge < -0.3 is 21.1 Å². The minimum atomic E-state index is -4.42. The van der Waals surface area contributed by atoms with Crippen LogP contribution in [0.2, 0.25) is 0 Å². The average Bonchev–Trinajstić information content (AvgIpc) is 3.03. The fourth-order valence-corrected chi connectivity index (χ4v) is 3.76. The molecule has 0 atom stereocenters. The van der Waals surface area contributed by atoms with Gasteiger partial charge in [-0.3, -0.25) is 4.99 Å². The molecule has 0 unspecified atom stereocenters. The van der Waals surface area contributed by atoms with Crippen molar-refractivity contribution in [2.45, 2.75) is 12.7 Å². The van der Waals surface area contributed by atoms with Gasteiger partial charge in [0, 0.05) is 17.5 Å². The van der Waals surface area contributed by atoms with Crippen LogP contribution < -0.4 is 11.5 Å². The molecule has 0 spiro atoms. The second-order valence-electron chi connectivity index (χ2n) is 6.88. The van der Waals surface area contributed by atoms with E-state index >= 15 is 0 Å². The van der Waals surface area contributed by atoms with Crippen molar-refractivity contribution in [1.82, 2.24) is 4.57 Å². The summed E-state index contributed by atoms with van der Waals surface area (Å²) in [6.45, 7) is 0.196. The Morgan fingerprint density at radius 3 is 2.33 bits per heavy atom. The van der Waals surface area contributed by atoms with Crippen LogP contribution in [0.15, 0.2) is 65.7 Å². The highest BCUT2D eigenvalue weighted by molar-refractivity contribution is 6.20. The van der Waals surface area contributed by atoms with E-state index in [9.17, 15) is 18.3 Å². The third-order valence-corrected chi connectivity index (χ3v) is 5.03. The molecule has 1 aromatic heterocycles. The summed E-state index contributed by atoms with van der Waals surface area (Å²) in [5.74, 6) is 0.276. The topological polar surface area (TPSA) is 89.6 Å². The van der Waals surface area contributed by atoms with E-state index in [-0.39, 0.29) is 24.8 Å². The van der Waals surface area contributed by atoms with Crippen LogP contribution in [0.3, 0.4) is 0 Å². The number of aliphatic imine (C=N–C) groups is 1. The van der Waals surface area contributed by atoms with Gasteiger partial charge in [-0.15, -0.1) is 0 Å². The van der Waals surface area contributed by atoms with Crippen LogP contribution in [0, 0.1) is 0 Å². The molecule has 5 N–H and O–H groups in total. The van der Waals surface area contributed by atoms with Gasteiger partial charge in [0.2, 0.25) is 0 Å². The molecule has 4 rings (SSSR count). The van der Waals surface area contributed by atoms with Crippen molar-refractivity contribution < 1.29 is 18.3 Å². The Balaban J connectivity index is 1.98. The lowest BCUT2D eigenvalue weighted by atomic mass is 10.0. The van der Waals surface area contributed by atoms with Gasteiger partial charge in [0.1, 0.15) is 11.6 Å². The molecular weight excluding hydrogens is 393 g/mol. The lowest BCUT2D eigenvalue weighted by molar-refractivity contribution is -0.137. The first-order valence-corrected chi connectivity index (χ1v) is 9.20. The number of rotatable bonds is 4. The summed E-state index contributed by atoms with van der Waals surface area (Å²) in [6.07, 6.45) is -4.42. The van der Waals surface area contributed by atoms with Crippen LogP contribution in [0.4, 0.5) is 13.2 Å². The maximum atomic E-state index is 13.1. The van der Waals surface area contributed by atoms with Crippen LogP contribution in [-0.2, 0) is 12.7 Å². The maximum Gasteiger partial charge on any atom is 0.416 e. The average molecular weight is 412 g/mol. The first kappa shape index (κ1) is 19.8. The van der Waals surface area contributed by atoms with Gasteiger partial charge in [-0.2, -0.15) is 13.2 Å². The van der Waals surface area contributed by atoms with Crippen molar-refractivity contribution in [1.29, 1.82) is 0 Å². The molecule has 154 valence electrons. The lowest BCUT2D eigenvalue weighted by Crippen LogP contribution is -2.16. The molecular formula is C22H19F3N4O. The van der Waals surface area contributed by atoms with Crippen molar-refractivity contribution in [2.24, 2.45) is 16.5 Å². The number of amidine groups is 1. The highest BCUT2D eigenvalue weighted by atomic mass is 19.4. The van der Waals surface area contributed by atoms with E-state index in [1.807, 2.05) is 16.7 Å². The molecule has 0 amide bonds. The maximum absolute atomic E-state index is 13.1. The molecule has 0 saturated heterocycles. The van der Waals surface area contributed by atoms with Crippen molar-refractivity contribution >= 4 is 27.6 Å². The summed E-state index contributed by atoms with van der Waals surface area (Å²) in [5.41, 5.74) is 13.4. The fourth-order valence-electron chi connectivity index (χ4n) is 3.76. The molecule has 0 radical (unpaired) electrons. The van der Waals surface area contributed by atoms with E-state index in [0.29, 0.717) is 27.4 Å². The zero-order chi connectivity index (χ0) is 21.5. The Hall–Kier alpha value is -3.52. The van der Waals surface area contributed by atoms with Crippen LogP contribution in [0.5, 0.6) is 5.75 Å². The fraction of sp³-hybridized carbons (Fsp3) is 0.136. The highest BCUT2D eigenvalue weighted by Gasteiger charge is 2.30. The molecule has 0 fully saturated rings. The molecule has 0 aliphatic carbocycles. The van der Waals surface area contributed by atoms with Crippen molar-refractivity contribution in [3.05, 3.63) is 77.4 Å². The molecule has 8 heteroatoms. The number of alkyl halides is 3. The van der Waals surface area contributed by atoms with Gasteiger partial charge in [0.05, 0.1) is 28.7 Å². The number of nitrogens with two attached hydrogens (primary N) is 2. The van der Waals surface area contributed by atoms with Gasteiger partial charge in [0.15, 0.2) is 0 Å². The number of hydrogen-bond donors (Lipinski definition) is 3. The molecule has 0 saturated carbocycles. The zero-order valence-electron chi connectivity index (χ0n) is 15.8. The van der Waals surface area contributed by atoms with Gasteiger partial charge in [-0.05, 0) is 35.9 Å². The number of aromatic nitrogens is 1. The number of hydrogen-bond acceptors (Lipinski definition) is 3. The Morgan fingerprint density at radius 1 is 0.967 bits per heavy atom. The van der Waals surface area contributed by atoms with E-state index in [1.165, 1.54) is 6.07 Å². The summed E-state index contributed by atoms with van der Waals surface area (Å²) in [6, 6.07) is 15.7. The third kappa shape index (κ3) is 3.35. The van der Waals surface area contributed by atoms with Crippen molar-refractivity contribution in [2.75, 3.05) is 6.67 Å². The van der Waals surface area contributed by atoms with Crippen LogP contribution in [-0.4, -0.2) is 22.2 Å². The SMILES string of the molecule is NCN=C(N)c1cccc2c1c1c(O)cccc1n2Cc1cccc(C(F)(F)F)c1. The molecule has 1 heterocycles. The summed E-state index contributed by atoms with van der Waals surface area (Å²) in [7, 11) is 0. The molecule has 5 nitrogen and oxygen atoms in total. The first-order chi connectivity index (χ1) is 14.3. The first-order valence-electron chi connectivity index (χ1n) is 9.20. The van der Waals surface area contributed by atoms with E-state index in [0.717, 1.165) is 17.6 Å². The molecule has 30 heavy (non-hydrogen) atoms. The summed E-state index contributed by atoms with van der Waals surface area (Å²) in [4.78, 5) is 4.07. The quantitative estimate of drug-likeness (QED) is 0.347. The second-order valence-corrected chi connectivity index (χ2v) is 6.88. The van der Waals surface area contributed by atoms with Gasteiger partial charge in [-0.1, -0.05) is 30.3 Å². The van der Waals surface area contributed by atoms with Crippen LogP contribution >= 0.6 is 0 Å². The van der Waals surface area contributed by atoms with Gasteiger partial charge >= 0.3 is 6.18 Å². The zero-order valence-corrected chi connectivity index (χ0v) is 15.8. The summed E-state index contributed by atoms with van der Waals surface area (Å²) >= 11 is 0. The van der Waals surface area contributed by atoms with Gasteiger partial charge in [-0.25, -0.2) is 0 Å². The molecule has 0 bridgehead atoms. The predicted molar refractivity (Wildman–Crippen MR) is 111 cm³/mol. The van der Waals surface area contributed by atoms with Gasteiger partial charge in [0.25, 0.3) is 0 Å². The predicted octanol–water partition coefficient (Wildman–Crippen LogP) is 4.19. The number of benzene rings is 3. The smallest absolute Gasteiger partial charge is 0.416 e. The van der Waals surface area contributed by atoms with Crippen molar-refractivity contribution in [3.8, 4) is 5.75 Å². The number of aromatic hydroxyl groups is 1. The standard InChI is InChI=1S/C22H19F3N4O/c23-22(24,25)14-5-1-4-13(10-14)11-29-16-7-2-6-15(21(27)28-12-26)19(16)20-17(29)8-3-9-18(20)30/h1-10,30H,11-12,26H2,(H2,27,28). The van der Waals surface area contributed by atoms with Crippen LogP contribution in [0.1, 0.15) is 16.7 Å². The summed E-state index contributed by atoms with van der Waals surface area (Å²) < 4.78 is 41.3. The monoisotopic (exact) mass is 412 g/mol. The number of nitrogens with zero attached hydrogens (tertiary/aromatic N) is 2. The number of halogens is 3. The van der Waals surface area contributed by atoms with Crippen LogP contribution in [0.25, 0.3) is 21.8 Å². The van der Waals surface area contributed by atoms with Crippen molar-refractivity contribution in [3.63, 3.8) is 0 Å². The summed E-state index contributed by atoms with van der Waals surface area (Å²) in [5, 5.41) is 11.8.